The maximum atomic E-state index is 13.1. The first kappa shape index (κ1) is 15.6. The SMILES string of the molecule is Fc1ccc(CNCC2CCSCC2)cc1C(F)(F)F. The molecule has 0 spiro atoms. The van der Waals surface area contributed by atoms with Crippen LogP contribution in [0.1, 0.15) is 24.0 Å². The molecule has 0 unspecified atom stereocenters. The van der Waals surface area contributed by atoms with Crippen LogP contribution in [0.25, 0.3) is 0 Å². The van der Waals surface area contributed by atoms with Gasteiger partial charge < -0.3 is 5.32 Å². The number of alkyl halides is 3. The Balaban J connectivity index is 1.89. The summed E-state index contributed by atoms with van der Waals surface area (Å²) in [6.45, 7) is 1.15. The molecule has 20 heavy (non-hydrogen) atoms. The Bertz CT molecular complexity index is 441. The normalized spacial score (nSPS) is 17.4. The molecule has 0 aromatic heterocycles. The fourth-order valence-corrected chi connectivity index (χ4v) is 3.47. The number of hydrogen-bond donors (Lipinski definition) is 1. The summed E-state index contributed by atoms with van der Waals surface area (Å²) in [4.78, 5) is 0. The van der Waals surface area contributed by atoms with Gasteiger partial charge in [-0.05, 0) is 54.5 Å². The van der Waals surface area contributed by atoms with Crippen molar-refractivity contribution in [3.63, 3.8) is 0 Å². The summed E-state index contributed by atoms with van der Waals surface area (Å²) in [6.07, 6.45) is -2.34. The van der Waals surface area contributed by atoms with Crippen molar-refractivity contribution in [2.75, 3.05) is 18.1 Å². The zero-order valence-electron chi connectivity index (χ0n) is 11.0. The molecule has 0 radical (unpaired) electrons. The van der Waals surface area contributed by atoms with E-state index in [0.29, 0.717) is 18.0 Å². The number of rotatable bonds is 4. The average Bonchev–Trinajstić information content (AvgIpc) is 2.40. The molecule has 0 amide bonds. The molecule has 1 nitrogen and oxygen atoms in total. The first-order valence-electron chi connectivity index (χ1n) is 6.61. The summed E-state index contributed by atoms with van der Waals surface area (Å²) in [5, 5.41) is 3.17. The van der Waals surface area contributed by atoms with Gasteiger partial charge in [0.2, 0.25) is 0 Å². The highest BCUT2D eigenvalue weighted by Gasteiger charge is 2.34. The molecule has 0 aliphatic carbocycles. The minimum atomic E-state index is -4.64. The van der Waals surface area contributed by atoms with Gasteiger partial charge in [-0.1, -0.05) is 6.07 Å². The lowest BCUT2D eigenvalue weighted by molar-refractivity contribution is -0.140. The molecule has 6 heteroatoms. The van der Waals surface area contributed by atoms with Gasteiger partial charge in [0.1, 0.15) is 5.82 Å². The van der Waals surface area contributed by atoms with Gasteiger partial charge in [0.25, 0.3) is 0 Å². The largest absolute Gasteiger partial charge is 0.419 e. The molecule has 1 aromatic carbocycles. The quantitative estimate of drug-likeness (QED) is 0.841. The molecule has 2 rings (SSSR count). The van der Waals surface area contributed by atoms with Crippen LogP contribution in [0, 0.1) is 11.7 Å². The Morgan fingerprint density at radius 1 is 1.20 bits per heavy atom. The Labute approximate surface area is 120 Å². The zero-order valence-corrected chi connectivity index (χ0v) is 11.8. The molecule has 1 fully saturated rings. The molecule has 1 aliphatic heterocycles. The molecule has 1 N–H and O–H groups in total. The van der Waals surface area contributed by atoms with Crippen LogP contribution in [0.4, 0.5) is 17.6 Å². The molecule has 112 valence electrons. The second-order valence-electron chi connectivity index (χ2n) is 5.00. The van der Waals surface area contributed by atoms with Gasteiger partial charge in [-0.25, -0.2) is 4.39 Å². The van der Waals surface area contributed by atoms with Crippen molar-refractivity contribution < 1.29 is 17.6 Å². The number of hydrogen-bond acceptors (Lipinski definition) is 2. The molecule has 1 saturated heterocycles. The van der Waals surface area contributed by atoms with Crippen LogP contribution in [-0.4, -0.2) is 18.1 Å². The third-order valence-corrected chi connectivity index (χ3v) is 4.49. The fraction of sp³-hybridized carbons (Fsp3) is 0.571. The average molecular weight is 307 g/mol. The summed E-state index contributed by atoms with van der Waals surface area (Å²) in [5.41, 5.74) is -0.727. The monoisotopic (exact) mass is 307 g/mol. The van der Waals surface area contributed by atoms with Gasteiger partial charge in [0.15, 0.2) is 0 Å². The Morgan fingerprint density at radius 2 is 1.90 bits per heavy atom. The lowest BCUT2D eigenvalue weighted by Gasteiger charge is -2.21. The van der Waals surface area contributed by atoms with Gasteiger partial charge in [0.05, 0.1) is 5.56 Å². The molecule has 0 saturated carbocycles. The van der Waals surface area contributed by atoms with Crippen molar-refractivity contribution in [2.24, 2.45) is 5.92 Å². The second kappa shape index (κ2) is 6.80. The van der Waals surface area contributed by atoms with E-state index in [2.05, 4.69) is 5.32 Å². The van der Waals surface area contributed by atoms with Gasteiger partial charge in [0, 0.05) is 6.54 Å². The lowest BCUT2D eigenvalue weighted by Crippen LogP contribution is -2.25. The van der Waals surface area contributed by atoms with Crippen LogP contribution >= 0.6 is 11.8 Å². The lowest BCUT2D eigenvalue weighted by atomic mass is 10.0. The van der Waals surface area contributed by atoms with Crippen molar-refractivity contribution in [2.45, 2.75) is 25.6 Å². The highest BCUT2D eigenvalue weighted by molar-refractivity contribution is 7.99. The molecular formula is C14H17F4NS. The van der Waals surface area contributed by atoms with Crippen molar-refractivity contribution in [3.05, 3.63) is 35.1 Å². The molecular weight excluding hydrogens is 290 g/mol. The summed E-state index contributed by atoms with van der Waals surface area (Å²) in [6, 6.07) is 3.17. The summed E-state index contributed by atoms with van der Waals surface area (Å²) in [5.74, 6) is 1.69. The van der Waals surface area contributed by atoms with Crippen LogP contribution < -0.4 is 5.32 Å². The molecule has 0 bridgehead atoms. The zero-order chi connectivity index (χ0) is 14.6. The first-order chi connectivity index (χ1) is 9.47. The van der Waals surface area contributed by atoms with Gasteiger partial charge >= 0.3 is 6.18 Å². The van der Waals surface area contributed by atoms with E-state index in [0.717, 1.165) is 43.0 Å². The van der Waals surface area contributed by atoms with E-state index in [9.17, 15) is 17.6 Å². The van der Waals surface area contributed by atoms with Crippen LogP contribution in [0.5, 0.6) is 0 Å². The maximum Gasteiger partial charge on any atom is 0.419 e. The third kappa shape index (κ3) is 4.38. The Hall–Kier alpha value is -0.750. The number of thioether (sulfide) groups is 1. The predicted molar refractivity (Wildman–Crippen MR) is 73.2 cm³/mol. The third-order valence-electron chi connectivity index (χ3n) is 3.44. The van der Waals surface area contributed by atoms with Crippen molar-refractivity contribution in [1.82, 2.24) is 5.32 Å². The molecule has 1 aliphatic rings. The topological polar surface area (TPSA) is 12.0 Å². The second-order valence-corrected chi connectivity index (χ2v) is 6.22. The van der Waals surface area contributed by atoms with Gasteiger partial charge in [-0.2, -0.15) is 24.9 Å². The van der Waals surface area contributed by atoms with Crippen molar-refractivity contribution in [3.8, 4) is 0 Å². The van der Waals surface area contributed by atoms with E-state index >= 15 is 0 Å². The maximum absolute atomic E-state index is 13.1. The Morgan fingerprint density at radius 3 is 2.55 bits per heavy atom. The van der Waals surface area contributed by atoms with E-state index < -0.39 is 17.6 Å². The van der Waals surface area contributed by atoms with E-state index in [4.69, 9.17) is 0 Å². The van der Waals surface area contributed by atoms with Crippen LogP contribution in [-0.2, 0) is 12.7 Å². The number of nitrogens with one attached hydrogen (secondary N) is 1. The highest BCUT2D eigenvalue weighted by Crippen LogP contribution is 2.31. The fourth-order valence-electron chi connectivity index (χ4n) is 2.27. The van der Waals surface area contributed by atoms with Crippen LogP contribution in [0.2, 0.25) is 0 Å². The van der Waals surface area contributed by atoms with Gasteiger partial charge in [-0.3, -0.25) is 0 Å². The minimum Gasteiger partial charge on any atom is -0.312 e. The standard InChI is InChI=1S/C14H17F4NS/c15-13-2-1-11(7-12(13)14(16,17)18)9-19-8-10-3-5-20-6-4-10/h1-2,7,10,19H,3-6,8-9H2. The summed E-state index contributed by atoms with van der Waals surface area (Å²) < 4.78 is 50.9. The molecule has 1 aromatic rings. The number of halogens is 4. The van der Waals surface area contributed by atoms with Crippen molar-refractivity contribution >= 4 is 11.8 Å². The minimum absolute atomic E-state index is 0.340. The summed E-state index contributed by atoms with van der Waals surface area (Å²) in [7, 11) is 0. The Kier molecular flexibility index (Phi) is 5.32. The van der Waals surface area contributed by atoms with E-state index in [1.54, 1.807) is 0 Å². The highest BCUT2D eigenvalue weighted by atomic mass is 32.2. The molecule has 1 heterocycles. The number of benzene rings is 1. The predicted octanol–water partition coefficient (Wildman–Crippen LogP) is 4.08. The van der Waals surface area contributed by atoms with Crippen LogP contribution in [0.15, 0.2) is 18.2 Å². The first-order valence-corrected chi connectivity index (χ1v) is 7.76. The summed E-state index contributed by atoms with van der Waals surface area (Å²) >= 11 is 1.94. The van der Waals surface area contributed by atoms with Crippen LogP contribution in [0.3, 0.4) is 0 Å². The smallest absolute Gasteiger partial charge is 0.312 e. The molecule has 0 atom stereocenters. The van der Waals surface area contributed by atoms with Gasteiger partial charge in [-0.15, -0.1) is 0 Å². The van der Waals surface area contributed by atoms with E-state index in [1.807, 2.05) is 11.8 Å². The van der Waals surface area contributed by atoms with Crippen molar-refractivity contribution in [1.29, 1.82) is 0 Å². The van der Waals surface area contributed by atoms with E-state index in [1.165, 1.54) is 6.07 Å². The van der Waals surface area contributed by atoms with E-state index in [-0.39, 0.29) is 0 Å².